The minimum absolute atomic E-state index is 0.125. The lowest BCUT2D eigenvalue weighted by Gasteiger charge is -2.21. The number of carbonyl (C=O) groups excluding carboxylic acids is 3. The van der Waals surface area contributed by atoms with E-state index in [-0.39, 0.29) is 12.3 Å². The third kappa shape index (κ3) is 3.76. The lowest BCUT2D eigenvalue weighted by atomic mass is 9.92. The van der Waals surface area contributed by atoms with Crippen LogP contribution in [0.5, 0.6) is 0 Å². The number of urea groups is 1. The highest BCUT2D eigenvalue weighted by atomic mass is 16.6. The molecule has 1 aliphatic rings. The summed E-state index contributed by atoms with van der Waals surface area (Å²) in [5, 5.41) is 13.2. The van der Waals surface area contributed by atoms with Gasteiger partial charge < -0.3 is 10.1 Å². The summed E-state index contributed by atoms with van der Waals surface area (Å²) in [7, 11) is 0. The summed E-state index contributed by atoms with van der Waals surface area (Å²) in [5.41, 5.74) is -1.13. The van der Waals surface area contributed by atoms with Gasteiger partial charge >= 0.3 is 12.0 Å². The molecule has 0 bridgehead atoms. The van der Waals surface area contributed by atoms with E-state index in [9.17, 15) is 24.5 Å². The lowest BCUT2D eigenvalue weighted by Crippen LogP contribution is -2.41. The monoisotopic (exact) mass is 349 g/mol. The zero-order valence-electron chi connectivity index (χ0n) is 14.0. The van der Waals surface area contributed by atoms with Crippen molar-refractivity contribution in [2.45, 2.75) is 32.2 Å². The Labute approximate surface area is 144 Å². The van der Waals surface area contributed by atoms with Gasteiger partial charge in [0.15, 0.2) is 0 Å². The van der Waals surface area contributed by atoms with Crippen molar-refractivity contribution >= 4 is 23.6 Å². The molecule has 25 heavy (non-hydrogen) atoms. The van der Waals surface area contributed by atoms with Crippen LogP contribution in [0.15, 0.2) is 24.3 Å². The predicted molar refractivity (Wildman–Crippen MR) is 86.6 cm³/mol. The number of nitro groups is 1. The van der Waals surface area contributed by atoms with Crippen molar-refractivity contribution in [2.75, 3.05) is 13.2 Å². The Bertz CT molecular complexity index is 702. The normalized spacial score (nSPS) is 19.7. The molecule has 1 heterocycles. The second-order valence-corrected chi connectivity index (χ2v) is 5.82. The first-order chi connectivity index (χ1) is 11.8. The summed E-state index contributed by atoms with van der Waals surface area (Å²) in [6.07, 6.45) is 1.56. The van der Waals surface area contributed by atoms with Crippen LogP contribution in [-0.4, -0.2) is 40.9 Å². The van der Waals surface area contributed by atoms with Crippen LogP contribution in [0.25, 0.3) is 0 Å². The van der Waals surface area contributed by atoms with Crippen LogP contribution in [0.2, 0.25) is 0 Å². The van der Waals surface area contributed by atoms with Crippen LogP contribution in [0, 0.1) is 10.1 Å². The van der Waals surface area contributed by atoms with E-state index in [1.54, 1.807) is 0 Å². The smallest absolute Gasteiger partial charge is 0.326 e. The van der Waals surface area contributed by atoms with Crippen LogP contribution in [0.3, 0.4) is 0 Å². The van der Waals surface area contributed by atoms with Crippen LogP contribution in [-0.2, 0) is 19.9 Å². The van der Waals surface area contributed by atoms with Gasteiger partial charge in [-0.3, -0.25) is 24.6 Å². The second-order valence-electron chi connectivity index (χ2n) is 5.82. The summed E-state index contributed by atoms with van der Waals surface area (Å²) in [6, 6.07) is 4.60. The fourth-order valence-corrected chi connectivity index (χ4v) is 2.46. The highest BCUT2D eigenvalue weighted by Gasteiger charge is 2.49. The number of benzene rings is 1. The largest absolute Gasteiger partial charge is 0.464 e. The standard InChI is InChI=1S/C16H19N3O6/c1-3-4-9-25-13(20)10-18-14(21)16(2,17-15(18)22)11-5-7-12(8-6-11)19(23)24/h5-8H,3-4,9-10H2,1-2H3,(H,17,22)/t16-/m0/s1. The molecule has 134 valence electrons. The molecular weight excluding hydrogens is 330 g/mol. The zero-order valence-corrected chi connectivity index (χ0v) is 14.0. The highest BCUT2D eigenvalue weighted by Crippen LogP contribution is 2.29. The van der Waals surface area contributed by atoms with Gasteiger partial charge in [-0.25, -0.2) is 4.79 Å². The van der Waals surface area contributed by atoms with E-state index in [1.165, 1.54) is 31.2 Å². The number of hydrogen-bond acceptors (Lipinski definition) is 6. The fraction of sp³-hybridized carbons (Fsp3) is 0.438. The maximum absolute atomic E-state index is 12.6. The lowest BCUT2D eigenvalue weighted by molar-refractivity contribution is -0.384. The molecule has 1 aromatic carbocycles. The summed E-state index contributed by atoms with van der Waals surface area (Å²) >= 11 is 0. The van der Waals surface area contributed by atoms with Crippen LogP contribution in [0.4, 0.5) is 10.5 Å². The molecule has 0 unspecified atom stereocenters. The van der Waals surface area contributed by atoms with Crippen molar-refractivity contribution in [3.05, 3.63) is 39.9 Å². The Balaban J connectivity index is 2.13. The molecule has 0 aromatic heterocycles. The predicted octanol–water partition coefficient (Wildman–Crippen LogP) is 1.71. The molecule has 0 spiro atoms. The van der Waals surface area contributed by atoms with Crippen LogP contribution in [0.1, 0.15) is 32.3 Å². The van der Waals surface area contributed by atoms with Crippen LogP contribution < -0.4 is 5.32 Å². The first-order valence-corrected chi connectivity index (χ1v) is 7.84. The van der Waals surface area contributed by atoms with Crippen molar-refractivity contribution < 1.29 is 24.0 Å². The number of ether oxygens (including phenoxy) is 1. The van der Waals surface area contributed by atoms with E-state index in [4.69, 9.17) is 4.74 Å². The Morgan fingerprint density at radius 3 is 2.52 bits per heavy atom. The first-order valence-electron chi connectivity index (χ1n) is 7.84. The van der Waals surface area contributed by atoms with Crippen molar-refractivity contribution in [3.63, 3.8) is 0 Å². The number of rotatable bonds is 7. The number of nitrogens with zero attached hydrogens (tertiary/aromatic N) is 2. The van der Waals surface area contributed by atoms with Gasteiger partial charge in [-0.15, -0.1) is 0 Å². The van der Waals surface area contributed by atoms with Gasteiger partial charge in [0, 0.05) is 12.1 Å². The number of nitro benzene ring substituents is 1. The van der Waals surface area contributed by atoms with Gasteiger partial charge in [-0.1, -0.05) is 13.3 Å². The van der Waals surface area contributed by atoms with E-state index in [2.05, 4.69) is 5.32 Å². The fourth-order valence-electron chi connectivity index (χ4n) is 2.46. The van der Waals surface area contributed by atoms with E-state index in [1.807, 2.05) is 6.92 Å². The average Bonchev–Trinajstić information content (AvgIpc) is 2.79. The van der Waals surface area contributed by atoms with Crippen molar-refractivity contribution in [2.24, 2.45) is 0 Å². The van der Waals surface area contributed by atoms with E-state index < -0.39 is 34.9 Å². The summed E-state index contributed by atoms with van der Waals surface area (Å²) in [5.74, 6) is -1.27. The number of unbranched alkanes of at least 4 members (excludes halogenated alkanes) is 1. The van der Waals surface area contributed by atoms with Gasteiger partial charge in [0.25, 0.3) is 11.6 Å². The van der Waals surface area contributed by atoms with Gasteiger partial charge in [-0.05, 0) is 31.0 Å². The van der Waals surface area contributed by atoms with Gasteiger partial charge in [0.2, 0.25) is 0 Å². The molecule has 9 nitrogen and oxygen atoms in total. The Morgan fingerprint density at radius 2 is 1.96 bits per heavy atom. The minimum atomic E-state index is -1.39. The molecule has 0 radical (unpaired) electrons. The Morgan fingerprint density at radius 1 is 1.32 bits per heavy atom. The number of hydrogen-bond donors (Lipinski definition) is 1. The SMILES string of the molecule is CCCCOC(=O)CN1C(=O)N[C@@](C)(c2ccc([N+](=O)[O-])cc2)C1=O. The quantitative estimate of drug-likeness (QED) is 0.263. The Hall–Kier alpha value is -2.97. The third-order valence-electron chi connectivity index (χ3n) is 3.98. The minimum Gasteiger partial charge on any atom is -0.464 e. The Kier molecular flexibility index (Phi) is 5.35. The number of imide groups is 1. The number of nitrogens with one attached hydrogen (secondary N) is 1. The molecule has 1 saturated heterocycles. The second kappa shape index (κ2) is 7.29. The summed E-state index contributed by atoms with van der Waals surface area (Å²) in [4.78, 5) is 47.4. The molecule has 2 rings (SSSR count). The van der Waals surface area contributed by atoms with Gasteiger partial charge in [0.05, 0.1) is 11.5 Å². The molecule has 0 aliphatic carbocycles. The van der Waals surface area contributed by atoms with Crippen LogP contribution >= 0.6 is 0 Å². The molecule has 1 aromatic rings. The first kappa shape index (κ1) is 18.4. The maximum atomic E-state index is 12.6. The number of carbonyl (C=O) groups is 3. The third-order valence-corrected chi connectivity index (χ3v) is 3.98. The molecule has 1 atom stereocenters. The molecule has 9 heteroatoms. The average molecular weight is 349 g/mol. The molecule has 3 amide bonds. The van der Waals surface area contributed by atoms with Crippen molar-refractivity contribution in [1.82, 2.24) is 10.2 Å². The van der Waals surface area contributed by atoms with E-state index in [0.29, 0.717) is 12.0 Å². The molecule has 1 aliphatic heterocycles. The van der Waals surface area contributed by atoms with Crippen molar-refractivity contribution in [1.29, 1.82) is 0 Å². The zero-order chi connectivity index (χ0) is 18.6. The van der Waals surface area contributed by atoms with Crippen molar-refractivity contribution in [3.8, 4) is 0 Å². The molecule has 1 N–H and O–H groups in total. The summed E-state index contributed by atoms with van der Waals surface area (Å²) < 4.78 is 4.97. The molecule has 1 fully saturated rings. The maximum Gasteiger partial charge on any atom is 0.326 e. The van der Waals surface area contributed by atoms with E-state index >= 15 is 0 Å². The molecule has 0 saturated carbocycles. The summed E-state index contributed by atoms with van der Waals surface area (Å²) in [6.45, 7) is 3.19. The van der Waals surface area contributed by atoms with Gasteiger partial charge in [0.1, 0.15) is 12.1 Å². The van der Waals surface area contributed by atoms with Gasteiger partial charge in [-0.2, -0.15) is 0 Å². The number of esters is 1. The number of non-ortho nitro benzene ring substituents is 1. The highest BCUT2D eigenvalue weighted by molar-refractivity contribution is 6.08. The van der Waals surface area contributed by atoms with E-state index in [0.717, 1.165) is 11.3 Å². The topological polar surface area (TPSA) is 119 Å². The molecular formula is C16H19N3O6. The number of amides is 3.